The first kappa shape index (κ1) is 13.8. The molecule has 1 aliphatic rings. The van der Waals surface area contributed by atoms with E-state index in [0.29, 0.717) is 23.3 Å². The van der Waals surface area contributed by atoms with Crippen molar-refractivity contribution >= 4 is 6.29 Å². The Balaban J connectivity index is 2.60. The Morgan fingerprint density at radius 3 is 2.89 bits per heavy atom. The van der Waals surface area contributed by atoms with Gasteiger partial charge in [-0.1, -0.05) is 6.07 Å². The monoisotopic (exact) mass is 267 g/mol. The van der Waals surface area contributed by atoms with E-state index in [9.17, 15) is 4.79 Å². The highest BCUT2D eigenvalue weighted by atomic mass is 16.5. The van der Waals surface area contributed by atoms with Gasteiger partial charge in [0.2, 0.25) is 5.72 Å². The number of carbonyl (C=O) groups is 1. The van der Waals surface area contributed by atoms with Crippen LogP contribution in [0, 0.1) is 0 Å². The van der Waals surface area contributed by atoms with Crippen molar-refractivity contribution in [3.8, 4) is 11.5 Å². The van der Waals surface area contributed by atoms with Gasteiger partial charge in [-0.05, 0) is 12.1 Å². The van der Waals surface area contributed by atoms with Crippen LogP contribution < -0.4 is 9.47 Å². The number of carbonyl (C=O) groups excluding carboxylic acids is 1. The lowest BCUT2D eigenvalue weighted by Crippen LogP contribution is -2.54. The molecule has 104 valence electrons. The van der Waals surface area contributed by atoms with Crippen LogP contribution >= 0.6 is 0 Å². The number of methoxy groups -OCH3 is 2. The summed E-state index contributed by atoms with van der Waals surface area (Å²) >= 11 is 0. The summed E-state index contributed by atoms with van der Waals surface area (Å²) in [5.74, 6) is 1.05. The van der Waals surface area contributed by atoms with Crippen molar-refractivity contribution in [1.82, 2.24) is 4.90 Å². The second-order valence-corrected chi connectivity index (χ2v) is 4.11. The summed E-state index contributed by atoms with van der Waals surface area (Å²) in [6.45, 7) is 0.310. The average molecular weight is 267 g/mol. The Bertz CT molecular complexity index is 450. The molecule has 1 atom stereocenters. The van der Waals surface area contributed by atoms with Crippen LogP contribution in [0.3, 0.4) is 0 Å². The van der Waals surface area contributed by atoms with Gasteiger partial charge in [0.1, 0.15) is 18.2 Å². The van der Waals surface area contributed by atoms with Crippen molar-refractivity contribution in [3.63, 3.8) is 0 Å². The number of aliphatic hydroxyl groups excluding tert-OH is 1. The van der Waals surface area contributed by atoms with Crippen LogP contribution in [0.25, 0.3) is 0 Å². The number of rotatable bonds is 5. The molecule has 0 saturated carbocycles. The van der Waals surface area contributed by atoms with Gasteiger partial charge in [-0.3, -0.25) is 4.79 Å². The van der Waals surface area contributed by atoms with Gasteiger partial charge in [-0.2, -0.15) is 0 Å². The SMILES string of the molecule is COc1cccc2c1C(C=O)(OC)N(CCO)CO2. The number of hydrogen-bond acceptors (Lipinski definition) is 6. The maximum absolute atomic E-state index is 11.7. The van der Waals surface area contributed by atoms with E-state index >= 15 is 0 Å². The second kappa shape index (κ2) is 5.56. The highest BCUT2D eigenvalue weighted by Gasteiger charge is 2.46. The van der Waals surface area contributed by atoms with E-state index in [1.807, 2.05) is 0 Å². The van der Waals surface area contributed by atoms with Crippen molar-refractivity contribution in [1.29, 1.82) is 0 Å². The lowest BCUT2D eigenvalue weighted by molar-refractivity contribution is -0.181. The Morgan fingerprint density at radius 2 is 2.32 bits per heavy atom. The van der Waals surface area contributed by atoms with Gasteiger partial charge < -0.3 is 19.3 Å². The molecular formula is C13H17NO5. The van der Waals surface area contributed by atoms with E-state index in [2.05, 4.69) is 0 Å². The molecule has 0 aliphatic carbocycles. The van der Waals surface area contributed by atoms with Crippen LogP contribution in [0.5, 0.6) is 11.5 Å². The van der Waals surface area contributed by atoms with Crippen LogP contribution in [-0.2, 0) is 15.3 Å². The summed E-state index contributed by atoms with van der Waals surface area (Å²) < 4.78 is 16.3. The van der Waals surface area contributed by atoms with E-state index in [4.69, 9.17) is 19.3 Å². The van der Waals surface area contributed by atoms with Gasteiger partial charge in [0.25, 0.3) is 0 Å². The predicted molar refractivity (Wildman–Crippen MR) is 67.0 cm³/mol. The number of hydrogen-bond donors (Lipinski definition) is 1. The molecule has 0 aromatic heterocycles. The smallest absolute Gasteiger partial charge is 0.214 e. The van der Waals surface area contributed by atoms with Crippen LogP contribution in [0.4, 0.5) is 0 Å². The molecule has 6 nitrogen and oxygen atoms in total. The Hall–Kier alpha value is -1.63. The number of aliphatic hydroxyl groups is 1. The minimum absolute atomic E-state index is 0.104. The first-order valence-corrected chi connectivity index (χ1v) is 5.91. The topological polar surface area (TPSA) is 68.2 Å². The highest BCUT2D eigenvalue weighted by molar-refractivity contribution is 5.71. The molecule has 1 aliphatic heterocycles. The van der Waals surface area contributed by atoms with Crippen LogP contribution in [-0.4, -0.2) is 50.4 Å². The Morgan fingerprint density at radius 1 is 1.53 bits per heavy atom. The van der Waals surface area contributed by atoms with E-state index in [-0.39, 0.29) is 19.9 Å². The molecule has 0 saturated heterocycles. The molecule has 1 aromatic rings. The summed E-state index contributed by atoms with van der Waals surface area (Å²) in [5.41, 5.74) is -0.780. The summed E-state index contributed by atoms with van der Waals surface area (Å²) in [6.07, 6.45) is 0.701. The van der Waals surface area contributed by atoms with Crippen LogP contribution in [0.15, 0.2) is 18.2 Å². The number of β-amino-alcohol motifs (C(OH)–C–C–N with tert-alkyl or cyclic N) is 1. The maximum atomic E-state index is 11.7. The zero-order valence-corrected chi connectivity index (χ0v) is 11.0. The van der Waals surface area contributed by atoms with Crippen LogP contribution in [0.1, 0.15) is 5.56 Å². The fourth-order valence-corrected chi connectivity index (χ4v) is 2.32. The van der Waals surface area contributed by atoms with Crippen molar-refractivity contribution < 1.29 is 24.1 Å². The molecule has 0 radical (unpaired) electrons. The van der Waals surface area contributed by atoms with E-state index < -0.39 is 5.72 Å². The second-order valence-electron chi connectivity index (χ2n) is 4.11. The van der Waals surface area contributed by atoms with Gasteiger partial charge in [0.05, 0.1) is 19.3 Å². The highest BCUT2D eigenvalue weighted by Crippen LogP contribution is 2.43. The van der Waals surface area contributed by atoms with E-state index in [1.54, 1.807) is 23.1 Å². The standard InChI is InChI=1S/C13H17NO5/c1-17-10-4-3-5-11-12(10)13(8-16,18-2)14(6-7-15)9-19-11/h3-5,8,15H,6-7,9H2,1-2H3. The van der Waals surface area contributed by atoms with E-state index in [1.165, 1.54) is 14.2 Å². The first-order chi connectivity index (χ1) is 9.23. The van der Waals surface area contributed by atoms with Crippen molar-refractivity contribution in [2.45, 2.75) is 5.72 Å². The molecule has 1 aromatic carbocycles. The molecule has 6 heteroatoms. The van der Waals surface area contributed by atoms with Crippen molar-refractivity contribution in [3.05, 3.63) is 23.8 Å². The minimum atomic E-state index is -1.30. The zero-order chi connectivity index (χ0) is 13.9. The van der Waals surface area contributed by atoms with E-state index in [0.717, 1.165) is 0 Å². The predicted octanol–water partition coefficient (Wildman–Crippen LogP) is 0.337. The third kappa shape index (κ3) is 2.07. The number of aldehydes is 1. The third-order valence-electron chi connectivity index (χ3n) is 3.25. The Labute approximate surface area is 111 Å². The Kier molecular flexibility index (Phi) is 4.04. The molecule has 1 N–H and O–H groups in total. The maximum Gasteiger partial charge on any atom is 0.214 e. The summed E-state index contributed by atoms with van der Waals surface area (Å²) in [6, 6.07) is 5.28. The quantitative estimate of drug-likeness (QED) is 0.776. The van der Waals surface area contributed by atoms with Gasteiger partial charge in [0.15, 0.2) is 6.29 Å². The summed E-state index contributed by atoms with van der Waals surface area (Å²) in [7, 11) is 2.96. The number of benzene rings is 1. The van der Waals surface area contributed by atoms with Gasteiger partial charge in [0, 0.05) is 13.7 Å². The van der Waals surface area contributed by atoms with Crippen LogP contribution in [0.2, 0.25) is 0 Å². The summed E-state index contributed by atoms with van der Waals surface area (Å²) in [5, 5.41) is 9.12. The average Bonchev–Trinajstić information content (AvgIpc) is 2.47. The number of ether oxygens (including phenoxy) is 3. The molecule has 1 unspecified atom stereocenters. The molecule has 0 amide bonds. The molecule has 1 heterocycles. The molecule has 0 spiro atoms. The normalized spacial score (nSPS) is 22.5. The summed E-state index contributed by atoms with van der Waals surface area (Å²) in [4.78, 5) is 13.3. The van der Waals surface area contributed by atoms with Gasteiger partial charge in [-0.15, -0.1) is 0 Å². The third-order valence-corrected chi connectivity index (χ3v) is 3.25. The van der Waals surface area contributed by atoms with Crippen molar-refractivity contribution in [2.75, 3.05) is 34.1 Å². The van der Waals surface area contributed by atoms with Gasteiger partial charge in [-0.25, -0.2) is 4.90 Å². The fourth-order valence-electron chi connectivity index (χ4n) is 2.32. The fraction of sp³-hybridized carbons (Fsp3) is 0.462. The number of fused-ring (bicyclic) bond motifs is 1. The lowest BCUT2D eigenvalue weighted by atomic mass is 9.98. The molecular weight excluding hydrogens is 250 g/mol. The zero-order valence-electron chi connectivity index (χ0n) is 11.0. The molecule has 0 bridgehead atoms. The first-order valence-electron chi connectivity index (χ1n) is 5.91. The minimum Gasteiger partial charge on any atom is -0.496 e. The lowest BCUT2D eigenvalue weighted by Gasteiger charge is -2.42. The van der Waals surface area contributed by atoms with Crippen molar-refractivity contribution in [2.24, 2.45) is 0 Å². The van der Waals surface area contributed by atoms with Gasteiger partial charge >= 0.3 is 0 Å². The molecule has 19 heavy (non-hydrogen) atoms. The molecule has 0 fully saturated rings. The number of nitrogens with zero attached hydrogens (tertiary/aromatic N) is 1. The largest absolute Gasteiger partial charge is 0.496 e. The molecule has 2 rings (SSSR count).